The summed E-state index contributed by atoms with van der Waals surface area (Å²) in [5, 5.41) is 4.62. The van der Waals surface area contributed by atoms with Crippen LogP contribution < -0.4 is 0 Å². The summed E-state index contributed by atoms with van der Waals surface area (Å²) in [4.78, 5) is 11.9. The molecule has 20 heavy (non-hydrogen) atoms. The molecule has 1 rings (SSSR count). The van der Waals surface area contributed by atoms with Gasteiger partial charge in [0, 0.05) is 6.42 Å². The van der Waals surface area contributed by atoms with Crippen molar-refractivity contribution in [3.63, 3.8) is 0 Å². The van der Waals surface area contributed by atoms with E-state index < -0.39 is 8.24 Å². The molecule has 0 N–H and O–H groups in total. The summed E-state index contributed by atoms with van der Waals surface area (Å²) in [6.07, 6.45) is 1.46. The van der Waals surface area contributed by atoms with Crippen LogP contribution in [0.15, 0.2) is 35.4 Å². The third kappa shape index (κ3) is 5.29. The maximum atomic E-state index is 11.9. The molecule has 1 aromatic carbocycles. The fourth-order valence-electron chi connectivity index (χ4n) is 1.82. The molecule has 0 radical (unpaired) electrons. The quantitative estimate of drug-likeness (QED) is 0.431. The Morgan fingerprint density at radius 1 is 1.20 bits per heavy atom. The number of Topliss-reactive ketones (excluding diaryl/α,β-unsaturated/α-hetero) is 1. The summed E-state index contributed by atoms with van der Waals surface area (Å²) in [6.45, 7) is 11.4. The molecular formula is C16H26N2OSi. The van der Waals surface area contributed by atoms with Crippen LogP contribution >= 0.6 is 0 Å². The number of carbonyl (C=O) groups is 1. The van der Waals surface area contributed by atoms with Crippen molar-refractivity contribution < 1.29 is 4.79 Å². The molecule has 0 aliphatic rings. The Morgan fingerprint density at radius 2 is 1.80 bits per heavy atom. The number of carbonyl (C=O) groups excluding carboxylic acids is 1. The molecule has 0 atom stereocenters. The second-order valence-electron chi connectivity index (χ2n) is 6.07. The van der Waals surface area contributed by atoms with Crippen molar-refractivity contribution in [3.05, 3.63) is 35.9 Å². The van der Waals surface area contributed by atoms with Crippen molar-refractivity contribution >= 4 is 19.7 Å². The molecule has 0 amide bonds. The Bertz CT molecular complexity index is 463. The molecule has 1 aromatic rings. The molecule has 3 nitrogen and oxygen atoms in total. The number of benzene rings is 1. The molecule has 0 aromatic heterocycles. The lowest BCUT2D eigenvalue weighted by molar-refractivity contribution is -0.113. The smallest absolute Gasteiger partial charge is 0.178 e. The Kier molecular flexibility index (Phi) is 6.14. The van der Waals surface area contributed by atoms with Gasteiger partial charge in [-0.3, -0.25) is 4.79 Å². The van der Waals surface area contributed by atoms with Gasteiger partial charge >= 0.3 is 0 Å². The van der Waals surface area contributed by atoms with E-state index in [1.165, 1.54) is 5.56 Å². The lowest BCUT2D eigenvalue weighted by atomic mass is 10.2. The zero-order chi connectivity index (χ0) is 15.2. The first-order valence-electron chi connectivity index (χ1n) is 7.24. The van der Waals surface area contributed by atoms with Crippen molar-refractivity contribution in [2.45, 2.75) is 52.9 Å². The van der Waals surface area contributed by atoms with Gasteiger partial charge in [-0.05, 0) is 18.9 Å². The highest BCUT2D eigenvalue weighted by Crippen LogP contribution is 2.15. The molecule has 0 aliphatic heterocycles. The van der Waals surface area contributed by atoms with Gasteiger partial charge < -0.3 is 4.67 Å². The van der Waals surface area contributed by atoms with E-state index >= 15 is 0 Å². The number of hydrazone groups is 1. The van der Waals surface area contributed by atoms with Gasteiger partial charge in [0.2, 0.25) is 0 Å². The van der Waals surface area contributed by atoms with Gasteiger partial charge in [0.15, 0.2) is 14.0 Å². The van der Waals surface area contributed by atoms with Gasteiger partial charge in [-0.2, -0.15) is 5.10 Å². The fourth-order valence-corrected chi connectivity index (χ4v) is 2.93. The Labute approximate surface area is 123 Å². The maximum absolute atomic E-state index is 11.9. The highest BCUT2D eigenvalue weighted by atomic mass is 28.3. The molecule has 0 saturated carbocycles. The van der Waals surface area contributed by atoms with E-state index in [1.54, 1.807) is 0 Å². The van der Waals surface area contributed by atoms with Gasteiger partial charge in [0.25, 0.3) is 0 Å². The Balaban J connectivity index is 2.91. The zero-order valence-corrected chi connectivity index (χ0v) is 14.3. The monoisotopic (exact) mass is 290 g/mol. The lowest BCUT2D eigenvalue weighted by Gasteiger charge is -2.32. The van der Waals surface area contributed by atoms with Gasteiger partial charge in [0.1, 0.15) is 0 Å². The molecule has 0 aliphatic carbocycles. The second kappa shape index (κ2) is 7.38. The fraction of sp³-hybridized carbons (Fsp3) is 0.500. The van der Waals surface area contributed by atoms with E-state index in [9.17, 15) is 4.79 Å². The summed E-state index contributed by atoms with van der Waals surface area (Å²) in [7, 11) is -1.61. The molecule has 4 heteroatoms. The van der Waals surface area contributed by atoms with Crippen LogP contribution in [0.5, 0.6) is 0 Å². The van der Waals surface area contributed by atoms with Crippen LogP contribution in [0.3, 0.4) is 0 Å². The molecule has 0 spiro atoms. The van der Waals surface area contributed by atoms with E-state index in [1.807, 2.05) is 32.0 Å². The van der Waals surface area contributed by atoms with Gasteiger partial charge in [0.05, 0.1) is 12.3 Å². The summed E-state index contributed by atoms with van der Waals surface area (Å²) in [5.74, 6) is 0.156. The van der Waals surface area contributed by atoms with E-state index in [4.69, 9.17) is 0 Å². The minimum Gasteiger partial charge on any atom is -0.320 e. The molecular weight excluding hydrogens is 264 g/mol. The predicted molar refractivity (Wildman–Crippen MR) is 88.4 cm³/mol. The highest BCUT2D eigenvalue weighted by Gasteiger charge is 2.24. The van der Waals surface area contributed by atoms with Crippen molar-refractivity contribution in [2.75, 3.05) is 0 Å². The van der Waals surface area contributed by atoms with Crippen LogP contribution in [0.4, 0.5) is 0 Å². The van der Waals surface area contributed by atoms with Crippen molar-refractivity contribution in [1.29, 1.82) is 0 Å². The van der Waals surface area contributed by atoms with E-state index in [-0.39, 0.29) is 5.78 Å². The first-order chi connectivity index (χ1) is 9.34. The highest BCUT2D eigenvalue weighted by molar-refractivity contribution is 6.73. The van der Waals surface area contributed by atoms with Crippen LogP contribution in [-0.4, -0.2) is 24.4 Å². The van der Waals surface area contributed by atoms with Crippen LogP contribution in [0.1, 0.15) is 32.3 Å². The topological polar surface area (TPSA) is 32.7 Å². The summed E-state index contributed by atoms with van der Waals surface area (Å²) in [5.41, 5.74) is 1.86. The number of nitrogens with zero attached hydrogens (tertiary/aromatic N) is 2. The first-order valence-corrected chi connectivity index (χ1v) is 10.7. The molecule has 0 saturated heterocycles. The minimum atomic E-state index is -1.61. The minimum absolute atomic E-state index is 0.156. The largest absolute Gasteiger partial charge is 0.320 e. The number of hydrogen-bond acceptors (Lipinski definition) is 3. The summed E-state index contributed by atoms with van der Waals surface area (Å²) in [6, 6.07) is 10.3. The number of rotatable bonds is 7. The average Bonchev–Trinajstić information content (AvgIpc) is 2.38. The Morgan fingerprint density at radius 3 is 2.30 bits per heavy atom. The maximum Gasteiger partial charge on any atom is 0.178 e. The molecule has 0 heterocycles. The average molecular weight is 290 g/mol. The third-order valence-corrected chi connectivity index (χ3v) is 4.91. The number of hydrogen-bond donors (Lipinski definition) is 0. The van der Waals surface area contributed by atoms with Crippen molar-refractivity contribution in [1.82, 2.24) is 4.67 Å². The Hall–Kier alpha value is -1.42. The van der Waals surface area contributed by atoms with Gasteiger partial charge in [-0.25, -0.2) is 0 Å². The van der Waals surface area contributed by atoms with Gasteiger partial charge in [-0.1, -0.05) is 56.9 Å². The predicted octanol–water partition coefficient (Wildman–Crippen LogP) is 4.07. The van der Waals surface area contributed by atoms with Crippen molar-refractivity contribution in [3.8, 4) is 0 Å². The second-order valence-corrected chi connectivity index (χ2v) is 10.9. The molecule has 0 unspecified atom stereocenters. The molecule has 0 bridgehead atoms. The molecule has 110 valence electrons. The van der Waals surface area contributed by atoms with Crippen LogP contribution in [0.2, 0.25) is 19.6 Å². The third-order valence-electron chi connectivity index (χ3n) is 3.10. The zero-order valence-electron chi connectivity index (χ0n) is 13.3. The van der Waals surface area contributed by atoms with E-state index in [0.717, 1.165) is 13.0 Å². The summed E-state index contributed by atoms with van der Waals surface area (Å²) >= 11 is 0. The first kappa shape index (κ1) is 16.6. The van der Waals surface area contributed by atoms with Gasteiger partial charge in [-0.15, -0.1) is 0 Å². The standard InChI is InChI=1S/C16H26N2OSi/c1-6-10-16(19)14(2)17-18(20(3,4)5)13-15-11-8-7-9-12-15/h7-9,11-12H,6,10,13H2,1-5H3/b17-14+. The number of ketones is 1. The van der Waals surface area contributed by atoms with E-state index in [2.05, 4.69) is 41.5 Å². The lowest BCUT2D eigenvalue weighted by Crippen LogP contribution is -2.42. The normalized spacial score (nSPS) is 12.3. The van der Waals surface area contributed by atoms with Crippen molar-refractivity contribution in [2.24, 2.45) is 5.10 Å². The summed E-state index contributed by atoms with van der Waals surface area (Å²) < 4.78 is 2.13. The van der Waals surface area contributed by atoms with E-state index in [0.29, 0.717) is 12.1 Å². The van der Waals surface area contributed by atoms with Crippen LogP contribution in [-0.2, 0) is 11.3 Å². The van der Waals surface area contributed by atoms with Crippen LogP contribution in [0, 0.1) is 0 Å². The SMILES string of the molecule is CCCC(=O)/C(C)=N/N(Cc1ccccc1)[Si](C)(C)C. The van der Waals surface area contributed by atoms with Crippen LogP contribution in [0.25, 0.3) is 0 Å². The molecule has 0 fully saturated rings.